The molecule has 0 N–H and O–H groups in total. The van der Waals surface area contributed by atoms with Crippen molar-refractivity contribution in [1.82, 2.24) is 4.98 Å². The Balaban J connectivity index is 1.96. The predicted octanol–water partition coefficient (Wildman–Crippen LogP) is 3.25. The van der Waals surface area contributed by atoms with Crippen LogP contribution in [-0.2, 0) is 10.1 Å². The molecular formula is C13H8ClNO4S. The van der Waals surface area contributed by atoms with E-state index in [1.54, 1.807) is 18.2 Å². The van der Waals surface area contributed by atoms with Gasteiger partial charge in [-0.25, -0.2) is 4.98 Å². The van der Waals surface area contributed by atoms with Gasteiger partial charge in [0.2, 0.25) is 0 Å². The maximum absolute atomic E-state index is 12.1. The summed E-state index contributed by atoms with van der Waals surface area (Å²) in [5, 5.41) is 0.321. The number of rotatable bonds is 3. The SMILES string of the molecule is O=S(=O)(Oc1ccc2ocnc2c1)c1cccc(Cl)c1. The maximum atomic E-state index is 12.1. The molecule has 0 spiro atoms. The van der Waals surface area contributed by atoms with Crippen molar-refractivity contribution in [2.75, 3.05) is 0 Å². The van der Waals surface area contributed by atoms with Gasteiger partial charge in [0.15, 0.2) is 12.0 Å². The summed E-state index contributed by atoms with van der Waals surface area (Å²) in [5.74, 6) is 0.159. The van der Waals surface area contributed by atoms with E-state index in [-0.39, 0.29) is 10.6 Å². The van der Waals surface area contributed by atoms with E-state index in [2.05, 4.69) is 4.98 Å². The molecule has 0 aliphatic carbocycles. The minimum absolute atomic E-state index is 0.00903. The molecule has 0 saturated carbocycles. The lowest BCUT2D eigenvalue weighted by molar-refractivity contribution is 0.486. The minimum Gasteiger partial charge on any atom is -0.443 e. The third-order valence-corrected chi connectivity index (χ3v) is 4.07. The molecule has 0 unspecified atom stereocenters. The van der Waals surface area contributed by atoms with Crippen LogP contribution in [0.5, 0.6) is 5.75 Å². The van der Waals surface area contributed by atoms with E-state index >= 15 is 0 Å². The normalized spacial score (nSPS) is 11.7. The van der Waals surface area contributed by atoms with Gasteiger partial charge in [0.05, 0.1) is 0 Å². The van der Waals surface area contributed by atoms with Gasteiger partial charge >= 0.3 is 10.1 Å². The van der Waals surface area contributed by atoms with Crippen molar-refractivity contribution in [1.29, 1.82) is 0 Å². The van der Waals surface area contributed by atoms with E-state index in [1.165, 1.54) is 30.7 Å². The van der Waals surface area contributed by atoms with Crippen LogP contribution in [0.3, 0.4) is 0 Å². The molecule has 0 bridgehead atoms. The van der Waals surface area contributed by atoms with Gasteiger partial charge in [-0.3, -0.25) is 0 Å². The fourth-order valence-electron chi connectivity index (χ4n) is 1.69. The first-order valence-corrected chi connectivity index (χ1v) is 7.36. The highest BCUT2D eigenvalue weighted by Crippen LogP contribution is 2.24. The van der Waals surface area contributed by atoms with Gasteiger partial charge in [-0.1, -0.05) is 17.7 Å². The number of nitrogens with zero attached hydrogens (tertiary/aromatic N) is 1. The first-order chi connectivity index (χ1) is 9.54. The second kappa shape index (κ2) is 4.81. The molecule has 0 amide bonds. The Morgan fingerprint density at radius 1 is 1.15 bits per heavy atom. The van der Waals surface area contributed by atoms with Crippen molar-refractivity contribution in [3.63, 3.8) is 0 Å². The number of oxazole rings is 1. The molecule has 1 heterocycles. The van der Waals surface area contributed by atoms with Crippen LogP contribution in [0.15, 0.2) is 58.2 Å². The fraction of sp³-hybridized carbons (Fsp3) is 0. The highest BCUT2D eigenvalue weighted by atomic mass is 35.5. The third kappa shape index (κ3) is 2.48. The molecule has 5 nitrogen and oxygen atoms in total. The molecule has 3 aromatic rings. The summed E-state index contributed by atoms with van der Waals surface area (Å²) < 4.78 is 34.3. The lowest BCUT2D eigenvalue weighted by Gasteiger charge is -2.06. The standard InChI is InChI=1S/C13H8ClNO4S/c14-9-2-1-3-11(6-9)20(16,17)19-10-4-5-13-12(7-10)15-8-18-13/h1-8H. The summed E-state index contributed by atoms with van der Waals surface area (Å²) in [6.07, 6.45) is 1.28. The first kappa shape index (κ1) is 13.0. The second-order valence-electron chi connectivity index (χ2n) is 3.98. The molecule has 0 radical (unpaired) electrons. The van der Waals surface area contributed by atoms with Gasteiger partial charge in [0.1, 0.15) is 16.2 Å². The van der Waals surface area contributed by atoms with Crippen LogP contribution in [0.25, 0.3) is 11.1 Å². The second-order valence-corrected chi connectivity index (χ2v) is 5.96. The molecule has 20 heavy (non-hydrogen) atoms. The molecule has 2 aromatic carbocycles. The van der Waals surface area contributed by atoms with Crippen molar-refractivity contribution in [3.05, 3.63) is 53.9 Å². The topological polar surface area (TPSA) is 69.4 Å². The Kier molecular flexibility index (Phi) is 3.11. The van der Waals surface area contributed by atoms with E-state index in [4.69, 9.17) is 20.2 Å². The van der Waals surface area contributed by atoms with Crippen molar-refractivity contribution in [2.45, 2.75) is 4.90 Å². The van der Waals surface area contributed by atoms with E-state index < -0.39 is 10.1 Å². The third-order valence-electron chi connectivity index (χ3n) is 2.59. The van der Waals surface area contributed by atoms with Crippen LogP contribution in [0.4, 0.5) is 0 Å². The van der Waals surface area contributed by atoms with Crippen LogP contribution >= 0.6 is 11.6 Å². The first-order valence-electron chi connectivity index (χ1n) is 5.58. The molecule has 7 heteroatoms. The van der Waals surface area contributed by atoms with Gasteiger partial charge in [-0.2, -0.15) is 8.42 Å². The minimum atomic E-state index is -3.93. The summed E-state index contributed by atoms with van der Waals surface area (Å²) >= 11 is 5.77. The maximum Gasteiger partial charge on any atom is 0.339 e. The number of fused-ring (bicyclic) bond motifs is 1. The van der Waals surface area contributed by atoms with Crippen molar-refractivity contribution < 1.29 is 17.0 Å². The van der Waals surface area contributed by atoms with Gasteiger partial charge in [0.25, 0.3) is 0 Å². The van der Waals surface area contributed by atoms with Crippen LogP contribution in [0.2, 0.25) is 5.02 Å². The molecule has 1 aromatic heterocycles. The molecule has 0 aliphatic heterocycles. The smallest absolute Gasteiger partial charge is 0.339 e. The van der Waals surface area contributed by atoms with Crippen LogP contribution in [-0.4, -0.2) is 13.4 Å². The Bertz CT molecular complexity index is 873. The van der Waals surface area contributed by atoms with Gasteiger partial charge in [0, 0.05) is 11.1 Å². The highest BCUT2D eigenvalue weighted by Gasteiger charge is 2.17. The van der Waals surface area contributed by atoms with Gasteiger partial charge in [-0.15, -0.1) is 0 Å². The molecule has 0 saturated heterocycles. The van der Waals surface area contributed by atoms with E-state index in [0.29, 0.717) is 16.1 Å². The summed E-state index contributed by atoms with van der Waals surface area (Å²) in [5.41, 5.74) is 1.07. The number of hydrogen-bond donors (Lipinski definition) is 0. The molecule has 0 atom stereocenters. The van der Waals surface area contributed by atoms with Crippen LogP contribution < -0.4 is 4.18 Å². The number of aromatic nitrogens is 1. The highest BCUT2D eigenvalue weighted by molar-refractivity contribution is 7.87. The quantitative estimate of drug-likeness (QED) is 0.695. The lowest BCUT2D eigenvalue weighted by atomic mass is 10.3. The Labute approximate surface area is 119 Å². The predicted molar refractivity (Wildman–Crippen MR) is 73.3 cm³/mol. The van der Waals surface area contributed by atoms with Crippen LogP contribution in [0, 0.1) is 0 Å². The largest absolute Gasteiger partial charge is 0.443 e. The van der Waals surface area contributed by atoms with E-state index in [0.717, 1.165) is 0 Å². The van der Waals surface area contributed by atoms with Crippen LogP contribution in [0.1, 0.15) is 0 Å². The summed E-state index contributed by atoms with van der Waals surface area (Å²) in [6.45, 7) is 0. The average Bonchev–Trinajstić information content (AvgIpc) is 2.85. The Morgan fingerprint density at radius 3 is 2.80 bits per heavy atom. The van der Waals surface area contributed by atoms with E-state index in [1.807, 2.05) is 0 Å². The number of halogens is 1. The molecule has 0 aliphatic rings. The zero-order valence-electron chi connectivity index (χ0n) is 9.99. The number of hydrogen-bond acceptors (Lipinski definition) is 5. The fourth-order valence-corrected chi connectivity index (χ4v) is 2.91. The average molecular weight is 310 g/mol. The zero-order valence-corrected chi connectivity index (χ0v) is 11.6. The molecule has 3 rings (SSSR count). The van der Waals surface area contributed by atoms with Gasteiger partial charge in [-0.05, 0) is 30.3 Å². The monoisotopic (exact) mass is 309 g/mol. The summed E-state index contributed by atoms with van der Waals surface area (Å²) in [7, 11) is -3.93. The summed E-state index contributed by atoms with van der Waals surface area (Å²) in [4.78, 5) is 3.92. The lowest BCUT2D eigenvalue weighted by Crippen LogP contribution is -2.09. The molecule has 102 valence electrons. The van der Waals surface area contributed by atoms with Crippen molar-refractivity contribution >= 4 is 32.8 Å². The van der Waals surface area contributed by atoms with Crippen molar-refractivity contribution in [2.24, 2.45) is 0 Å². The zero-order chi connectivity index (χ0) is 14.2. The van der Waals surface area contributed by atoms with Gasteiger partial charge < -0.3 is 8.60 Å². The Hall–Kier alpha value is -2.05. The number of benzene rings is 2. The Morgan fingerprint density at radius 2 is 2.00 bits per heavy atom. The molecular weight excluding hydrogens is 302 g/mol. The van der Waals surface area contributed by atoms with Crippen molar-refractivity contribution in [3.8, 4) is 5.75 Å². The van der Waals surface area contributed by atoms with E-state index in [9.17, 15) is 8.42 Å². The molecule has 0 fully saturated rings. The summed E-state index contributed by atoms with van der Waals surface area (Å²) in [6, 6.07) is 10.4.